The van der Waals surface area contributed by atoms with Crippen molar-refractivity contribution in [2.45, 2.75) is 25.8 Å². The van der Waals surface area contributed by atoms with E-state index < -0.39 is 0 Å². The van der Waals surface area contributed by atoms with Crippen molar-refractivity contribution < 1.29 is 0 Å². The van der Waals surface area contributed by atoms with Crippen LogP contribution < -0.4 is 5.73 Å². The molecule has 0 saturated carbocycles. The third-order valence-corrected chi connectivity index (χ3v) is 3.24. The molecule has 0 spiro atoms. The molecule has 0 radical (unpaired) electrons. The molecule has 1 aliphatic carbocycles. The van der Waals surface area contributed by atoms with Crippen LogP contribution in [0.5, 0.6) is 0 Å². The van der Waals surface area contributed by atoms with Gasteiger partial charge in [-0.15, -0.1) is 12.4 Å². The SMILES string of the molecule is Cl.NCc1nc(-c2ccccc2)nc2c1CCC2. The first kappa shape index (κ1) is 13.0. The van der Waals surface area contributed by atoms with Crippen LogP contribution in [0, 0.1) is 0 Å². The standard InChI is InChI=1S/C14H15N3.ClH/c15-9-13-11-7-4-8-12(11)16-14(17-13)10-5-2-1-3-6-10;/h1-3,5-6H,4,7-9,15H2;1H. The Morgan fingerprint density at radius 1 is 1.06 bits per heavy atom. The number of rotatable bonds is 2. The first-order chi connectivity index (χ1) is 8.38. The summed E-state index contributed by atoms with van der Waals surface area (Å²) in [5, 5.41) is 0. The highest BCUT2D eigenvalue weighted by Gasteiger charge is 2.18. The molecule has 18 heavy (non-hydrogen) atoms. The van der Waals surface area contributed by atoms with E-state index in [0.717, 1.165) is 29.9 Å². The molecule has 0 bridgehead atoms. The minimum atomic E-state index is 0. The Bertz CT molecular complexity index is 540. The molecule has 2 N–H and O–H groups in total. The normalized spacial score (nSPS) is 12.9. The number of fused-ring (bicyclic) bond motifs is 1. The van der Waals surface area contributed by atoms with E-state index in [-0.39, 0.29) is 12.4 Å². The Kier molecular flexibility index (Phi) is 3.94. The van der Waals surface area contributed by atoms with Gasteiger partial charge in [0.2, 0.25) is 0 Å². The highest BCUT2D eigenvalue weighted by Crippen LogP contribution is 2.25. The fourth-order valence-corrected chi connectivity index (χ4v) is 2.40. The predicted octanol–water partition coefficient (Wildman–Crippen LogP) is 2.51. The molecule has 3 rings (SSSR count). The average molecular weight is 262 g/mol. The summed E-state index contributed by atoms with van der Waals surface area (Å²) < 4.78 is 0. The van der Waals surface area contributed by atoms with Crippen LogP contribution in [-0.2, 0) is 19.4 Å². The topological polar surface area (TPSA) is 51.8 Å². The number of nitrogens with zero attached hydrogens (tertiary/aromatic N) is 2. The van der Waals surface area contributed by atoms with Crippen molar-refractivity contribution in [3.8, 4) is 11.4 Å². The zero-order valence-electron chi connectivity index (χ0n) is 10.1. The van der Waals surface area contributed by atoms with Gasteiger partial charge in [-0.25, -0.2) is 9.97 Å². The molecule has 0 amide bonds. The van der Waals surface area contributed by atoms with Crippen LogP contribution >= 0.6 is 12.4 Å². The molecule has 0 unspecified atom stereocenters. The van der Waals surface area contributed by atoms with Crippen LogP contribution in [0.15, 0.2) is 30.3 Å². The molecule has 3 nitrogen and oxygen atoms in total. The van der Waals surface area contributed by atoms with E-state index in [9.17, 15) is 0 Å². The van der Waals surface area contributed by atoms with E-state index in [4.69, 9.17) is 5.73 Å². The monoisotopic (exact) mass is 261 g/mol. The summed E-state index contributed by atoms with van der Waals surface area (Å²) in [5.41, 5.74) is 10.3. The summed E-state index contributed by atoms with van der Waals surface area (Å²) in [5.74, 6) is 0.812. The third kappa shape index (κ3) is 2.24. The molecule has 0 saturated heterocycles. The second-order valence-corrected chi connectivity index (χ2v) is 4.34. The molecular weight excluding hydrogens is 246 g/mol. The Morgan fingerprint density at radius 3 is 2.56 bits per heavy atom. The van der Waals surface area contributed by atoms with Gasteiger partial charge in [-0.2, -0.15) is 0 Å². The van der Waals surface area contributed by atoms with Gasteiger partial charge in [0.1, 0.15) is 0 Å². The van der Waals surface area contributed by atoms with Gasteiger partial charge < -0.3 is 5.73 Å². The van der Waals surface area contributed by atoms with E-state index in [1.54, 1.807) is 0 Å². The average Bonchev–Trinajstić information content (AvgIpc) is 2.86. The van der Waals surface area contributed by atoms with Crippen molar-refractivity contribution in [2.24, 2.45) is 5.73 Å². The molecule has 1 heterocycles. The molecule has 4 heteroatoms. The quantitative estimate of drug-likeness (QED) is 0.904. The van der Waals surface area contributed by atoms with Crippen LogP contribution in [0.4, 0.5) is 0 Å². The van der Waals surface area contributed by atoms with E-state index in [0.29, 0.717) is 6.54 Å². The van der Waals surface area contributed by atoms with Gasteiger partial charge in [0.05, 0.1) is 5.69 Å². The molecule has 1 aliphatic rings. The largest absolute Gasteiger partial charge is 0.325 e. The van der Waals surface area contributed by atoms with Gasteiger partial charge in [-0.1, -0.05) is 30.3 Å². The van der Waals surface area contributed by atoms with Gasteiger partial charge in [0, 0.05) is 17.8 Å². The molecule has 2 aromatic rings. The Hall–Kier alpha value is -1.45. The fourth-order valence-electron chi connectivity index (χ4n) is 2.40. The van der Waals surface area contributed by atoms with Crippen molar-refractivity contribution in [2.75, 3.05) is 0 Å². The van der Waals surface area contributed by atoms with Crippen LogP contribution in [0.3, 0.4) is 0 Å². The van der Waals surface area contributed by atoms with E-state index in [2.05, 4.69) is 9.97 Å². The summed E-state index contributed by atoms with van der Waals surface area (Å²) in [7, 11) is 0. The van der Waals surface area contributed by atoms with Crippen molar-refractivity contribution in [1.29, 1.82) is 0 Å². The number of benzene rings is 1. The molecule has 0 atom stereocenters. The maximum atomic E-state index is 5.78. The van der Waals surface area contributed by atoms with Gasteiger partial charge in [-0.05, 0) is 24.8 Å². The zero-order chi connectivity index (χ0) is 11.7. The number of halogens is 1. The zero-order valence-corrected chi connectivity index (χ0v) is 10.9. The summed E-state index contributed by atoms with van der Waals surface area (Å²) in [4.78, 5) is 9.26. The van der Waals surface area contributed by atoms with Crippen molar-refractivity contribution >= 4 is 12.4 Å². The van der Waals surface area contributed by atoms with Gasteiger partial charge in [-0.3, -0.25) is 0 Å². The lowest BCUT2D eigenvalue weighted by Gasteiger charge is -2.08. The summed E-state index contributed by atoms with van der Waals surface area (Å²) in [6, 6.07) is 10.1. The number of hydrogen-bond acceptors (Lipinski definition) is 3. The lowest BCUT2D eigenvalue weighted by Crippen LogP contribution is -2.07. The maximum Gasteiger partial charge on any atom is 0.159 e. The van der Waals surface area contributed by atoms with E-state index >= 15 is 0 Å². The number of nitrogens with two attached hydrogens (primary N) is 1. The minimum absolute atomic E-state index is 0. The second kappa shape index (κ2) is 5.46. The third-order valence-electron chi connectivity index (χ3n) is 3.24. The van der Waals surface area contributed by atoms with Crippen LogP contribution in [-0.4, -0.2) is 9.97 Å². The Morgan fingerprint density at radius 2 is 1.83 bits per heavy atom. The Balaban J connectivity index is 0.00000120. The molecule has 94 valence electrons. The molecule has 0 aliphatic heterocycles. The summed E-state index contributed by atoms with van der Waals surface area (Å²) in [6.45, 7) is 0.505. The van der Waals surface area contributed by atoms with Gasteiger partial charge >= 0.3 is 0 Å². The molecular formula is C14H16ClN3. The Labute approximate surface area is 113 Å². The van der Waals surface area contributed by atoms with Crippen LogP contribution in [0.2, 0.25) is 0 Å². The minimum Gasteiger partial charge on any atom is -0.325 e. The lowest BCUT2D eigenvalue weighted by atomic mass is 10.1. The van der Waals surface area contributed by atoms with E-state index in [1.807, 2.05) is 30.3 Å². The predicted molar refractivity (Wildman–Crippen MR) is 74.6 cm³/mol. The molecule has 0 fully saturated rings. The number of aryl methyl sites for hydroxylation is 1. The highest BCUT2D eigenvalue weighted by atomic mass is 35.5. The van der Waals surface area contributed by atoms with Crippen molar-refractivity contribution in [3.05, 3.63) is 47.3 Å². The first-order valence-electron chi connectivity index (χ1n) is 6.02. The fraction of sp³-hybridized carbons (Fsp3) is 0.286. The highest BCUT2D eigenvalue weighted by molar-refractivity contribution is 5.85. The smallest absolute Gasteiger partial charge is 0.159 e. The summed E-state index contributed by atoms with van der Waals surface area (Å²) >= 11 is 0. The summed E-state index contributed by atoms with van der Waals surface area (Å²) in [6.07, 6.45) is 3.32. The van der Waals surface area contributed by atoms with Crippen LogP contribution in [0.1, 0.15) is 23.4 Å². The number of hydrogen-bond donors (Lipinski definition) is 1. The van der Waals surface area contributed by atoms with E-state index in [1.165, 1.54) is 17.7 Å². The van der Waals surface area contributed by atoms with Gasteiger partial charge in [0.15, 0.2) is 5.82 Å². The van der Waals surface area contributed by atoms with Crippen molar-refractivity contribution in [1.82, 2.24) is 9.97 Å². The van der Waals surface area contributed by atoms with Gasteiger partial charge in [0.25, 0.3) is 0 Å². The molecule has 1 aromatic carbocycles. The van der Waals surface area contributed by atoms with Crippen molar-refractivity contribution in [3.63, 3.8) is 0 Å². The second-order valence-electron chi connectivity index (χ2n) is 4.34. The first-order valence-corrected chi connectivity index (χ1v) is 6.02. The maximum absolute atomic E-state index is 5.78. The lowest BCUT2D eigenvalue weighted by molar-refractivity contribution is 0.892. The van der Waals surface area contributed by atoms with Crippen LogP contribution in [0.25, 0.3) is 11.4 Å². The number of aromatic nitrogens is 2. The molecule has 1 aromatic heterocycles.